The molecule has 3 rings (SSSR count). The van der Waals surface area contributed by atoms with Crippen molar-refractivity contribution in [2.24, 2.45) is 0 Å². The standard InChI is InChI=1S/C20H21NO3S/c1-12-10-16(14(3)25-12)17(22)8-9-20(23)21-13(2)19-11-15-6-4-5-7-18(15)24-19/h4-7,10-11,13H,8-9H2,1-3H3,(H,21,23). The first-order chi connectivity index (χ1) is 11.9. The van der Waals surface area contributed by atoms with E-state index >= 15 is 0 Å². The second-order valence-electron chi connectivity index (χ2n) is 6.23. The van der Waals surface area contributed by atoms with E-state index in [1.165, 1.54) is 0 Å². The predicted octanol–water partition coefficient (Wildman–Crippen LogP) is 4.95. The molecule has 0 aliphatic carbocycles. The second kappa shape index (κ2) is 7.23. The normalized spacial score (nSPS) is 12.3. The Morgan fingerprint density at radius 2 is 1.92 bits per heavy atom. The van der Waals surface area contributed by atoms with Gasteiger partial charge in [0, 0.05) is 33.5 Å². The van der Waals surface area contributed by atoms with Crippen LogP contribution in [0.3, 0.4) is 0 Å². The lowest BCUT2D eigenvalue weighted by atomic mass is 10.1. The Labute approximate surface area is 150 Å². The summed E-state index contributed by atoms with van der Waals surface area (Å²) in [5.41, 5.74) is 1.54. The number of fused-ring (bicyclic) bond motifs is 1. The van der Waals surface area contributed by atoms with Crippen LogP contribution in [0.5, 0.6) is 0 Å². The summed E-state index contributed by atoms with van der Waals surface area (Å²) in [6.07, 6.45) is 0.396. The summed E-state index contributed by atoms with van der Waals surface area (Å²) in [6, 6.07) is 11.3. The molecule has 0 saturated carbocycles. The van der Waals surface area contributed by atoms with Gasteiger partial charge in [-0.15, -0.1) is 11.3 Å². The average Bonchev–Trinajstić information content (AvgIpc) is 3.15. The van der Waals surface area contributed by atoms with Gasteiger partial charge >= 0.3 is 0 Å². The van der Waals surface area contributed by atoms with E-state index in [0.29, 0.717) is 5.76 Å². The van der Waals surface area contributed by atoms with Gasteiger partial charge in [-0.25, -0.2) is 0 Å². The number of amides is 1. The van der Waals surface area contributed by atoms with Crippen LogP contribution in [0.1, 0.15) is 51.7 Å². The first-order valence-electron chi connectivity index (χ1n) is 8.32. The van der Waals surface area contributed by atoms with Gasteiger partial charge < -0.3 is 9.73 Å². The van der Waals surface area contributed by atoms with Crippen LogP contribution in [0.25, 0.3) is 11.0 Å². The quantitative estimate of drug-likeness (QED) is 0.636. The SMILES string of the molecule is Cc1cc(C(=O)CCC(=O)NC(C)c2cc3ccccc3o2)c(C)s1. The number of hydrogen-bond donors (Lipinski definition) is 1. The van der Waals surface area contributed by atoms with Gasteiger partial charge in [0.2, 0.25) is 5.91 Å². The van der Waals surface area contributed by atoms with E-state index in [4.69, 9.17) is 4.42 Å². The number of nitrogens with one attached hydrogen (secondary N) is 1. The van der Waals surface area contributed by atoms with E-state index in [1.54, 1.807) is 11.3 Å². The maximum atomic E-state index is 12.3. The Bertz CT molecular complexity index is 889. The number of aryl methyl sites for hydroxylation is 2. The lowest BCUT2D eigenvalue weighted by molar-refractivity contribution is -0.121. The molecule has 3 aromatic rings. The van der Waals surface area contributed by atoms with Crippen LogP contribution in [0.15, 0.2) is 40.8 Å². The van der Waals surface area contributed by atoms with Crippen molar-refractivity contribution in [3.63, 3.8) is 0 Å². The fourth-order valence-corrected chi connectivity index (χ4v) is 3.81. The van der Waals surface area contributed by atoms with Gasteiger partial charge in [-0.2, -0.15) is 0 Å². The minimum absolute atomic E-state index is 0.0217. The molecule has 0 saturated heterocycles. The molecule has 1 aromatic carbocycles. The van der Waals surface area contributed by atoms with Gasteiger partial charge in [0.15, 0.2) is 5.78 Å². The van der Waals surface area contributed by atoms with Crippen LogP contribution in [-0.4, -0.2) is 11.7 Å². The van der Waals surface area contributed by atoms with E-state index in [-0.39, 0.29) is 30.6 Å². The molecular formula is C20H21NO3S. The first kappa shape index (κ1) is 17.4. The number of ketones is 1. The molecule has 1 atom stereocenters. The molecule has 0 spiro atoms. The Hall–Kier alpha value is -2.40. The molecule has 25 heavy (non-hydrogen) atoms. The average molecular weight is 355 g/mol. The zero-order valence-corrected chi connectivity index (χ0v) is 15.4. The minimum Gasteiger partial charge on any atom is -0.459 e. The summed E-state index contributed by atoms with van der Waals surface area (Å²) in [5.74, 6) is 0.587. The highest BCUT2D eigenvalue weighted by molar-refractivity contribution is 7.12. The summed E-state index contributed by atoms with van der Waals surface area (Å²) < 4.78 is 5.76. The third kappa shape index (κ3) is 3.99. The van der Waals surface area contributed by atoms with Gasteiger partial charge in [-0.3, -0.25) is 9.59 Å². The van der Waals surface area contributed by atoms with E-state index < -0.39 is 0 Å². The number of rotatable bonds is 6. The maximum absolute atomic E-state index is 12.3. The number of carbonyl (C=O) groups is 2. The van der Waals surface area contributed by atoms with Crippen molar-refractivity contribution in [1.82, 2.24) is 5.32 Å². The molecule has 0 bridgehead atoms. The van der Waals surface area contributed by atoms with E-state index in [9.17, 15) is 9.59 Å². The van der Waals surface area contributed by atoms with Gasteiger partial charge in [0.05, 0.1) is 6.04 Å². The van der Waals surface area contributed by atoms with Crippen LogP contribution >= 0.6 is 11.3 Å². The van der Waals surface area contributed by atoms with Crippen LogP contribution < -0.4 is 5.32 Å². The molecule has 1 unspecified atom stereocenters. The Morgan fingerprint density at radius 3 is 2.60 bits per heavy atom. The number of thiophene rings is 1. The molecule has 2 heterocycles. The number of hydrogen-bond acceptors (Lipinski definition) is 4. The van der Waals surface area contributed by atoms with Crippen molar-refractivity contribution in [3.8, 4) is 0 Å². The molecule has 1 N–H and O–H groups in total. The summed E-state index contributed by atoms with van der Waals surface area (Å²) in [7, 11) is 0. The molecule has 4 nitrogen and oxygen atoms in total. The third-order valence-corrected chi connectivity index (χ3v) is 5.14. The van der Waals surface area contributed by atoms with Gasteiger partial charge in [-0.1, -0.05) is 18.2 Å². The van der Waals surface area contributed by atoms with Gasteiger partial charge in [-0.05, 0) is 39.0 Å². The smallest absolute Gasteiger partial charge is 0.221 e. The Kier molecular flexibility index (Phi) is 5.04. The molecule has 0 aliphatic rings. The predicted molar refractivity (Wildman–Crippen MR) is 100 cm³/mol. The molecule has 1 amide bonds. The molecule has 5 heteroatoms. The summed E-state index contributed by atoms with van der Waals surface area (Å²) in [5, 5.41) is 3.91. The van der Waals surface area contributed by atoms with Crippen molar-refractivity contribution in [1.29, 1.82) is 0 Å². The highest BCUT2D eigenvalue weighted by Crippen LogP contribution is 2.24. The van der Waals surface area contributed by atoms with Crippen LogP contribution in [0.4, 0.5) is 0 Å². The second-order valence-corrected chi connectivity index (χ2v) is 7.69. The van der Waals surface area contributed by atoms with Gasteiger partial charge in [0.25, 0.3) is 0 Å². The fourth-order valence-electron chi connectivity index (χ4n) is 2.87. The summed E-state index contributed by atoms with van der Waals surface area (Å²) in [4.78, 5) is 26.6. The van der Waals surface area contributed by atoms with Crippen LogP contribution in [-0.2, 0) is 4.79 Å². The van der Waals surface area contributed by atoms with Crippen molar-refractivity contribution in [3.05, 3.63) is 57.5 Å². The first-order valence-corrected chi connectivity index (χ1v) is 9.14. The summed E-state index contributed by atoms with van der Waals surface area (Å²) >= 11 is 1.61. The number of carbonyl (C=O) groups excluding carboxylic acids is 2. The zero-order valence-electron chi connectivity index (χ0n) is 14.6. The highest BCUT2D eigenvalue weighted by Gasteiger charge is 2.17. The van der Waals surface area contributed by atoms with Crippen LogP contribution in [0.2, 0.25) is 0 Å². The topological polar surface area (TPSA) is 59.3 Å². The van der Waals surface area contributed by atoms with E-state index in [2.05, 4.69) is 5.32 Å². The van der Waals surface area contributed by atoms with Gasteiger partial charge in [0.1, 0.15) is 11.3 Å². The molecule has 130 valence electrons. The largest absolute Gasteiger partial charge is 0.459 e. The Balaban J connectivity index is 1.56. The van der Waals surface area contributed by atoms with Crippen molar-refractivity contribution in [2.75, 3.05) is 0 Å². The van der Waals surface area contributed by atoms with E-state index in [0.717, 1.165) is 26.3 Å². The maximum Gasteiger partial charge on any atom is 0.221 e. The number of furan rings is 1. The lowest BCUT2D eigenvalue weighted by Gasteiger charge is -2.11. The van der Waals surface area contributed by atoms with E-state index in [1.807, 2.05) is 57.2 Å². The Morgan fingerprint density at radius 1 is 1.16 bits per heavy atom. The van der Waals surface area contributed by atoms with Crippen molar-refractivity contribution < 1.29 is 14.0 Å². The monoisotopic (exact) mass is 355 g/mol. The number of benzene rings is 1. The number of para-hydroxylation sites is 1. The molecule has 0 fully saturated rings. The molecule has 2 aromatic heterocycles. The summed E-state index contributed by atoms with van der Waals surface area (Å²) in [6.45, 7) is 5.80. The number of Topliss-reactive ketones (excluding diaryl/α,β-unsaturated/α-hetero) is 1. The molecule has 0 radical (unpaired) electrons. The zero-order chi connectivity index (χ0) is 18.0. The highest BCUT2D eigenvalue weighted by atomic mass is 32.1. The van der Waals surface area contributed by atoms with Crippen LogP contribution in [0, 0.1) is 13.8 Å². The third-order valence-electron chi connectivity index (χ3n) is 4.17. The fraction of sp³-hybridized carbons (Fsp3) is 0.300. The van der Waals surface area contributed by atoms with Crippen molar-refractivity contribution in [2.45, 2.75) is 39.7 Å². The minimum atomic E-state index is -0.236. The molecular weight excluding hydrogens is 334 g/mol. The lowest BCUT2D eigenvalue weighted by Crippen LogP contribution is -2.26. The van der Waals surface area contributed by atoms with Crippen molar-refractivity contribution >= 4 is 34.0 Å². The molecule has 0 aliphatic heterocycles.